The summed E-state index contributed by atoms with van der Waals surface area (Å²) in [6.45, 7) is 3.17. The monoisotopic (exact) mass is 395 g/mol. The van der Waals surface area contributed by atoms with E-state index in [0.29, 0.717) is 13.1 Å². The molecule has 1 amide bonds. The van der Waals surface area contributed by atoms with Gasteiger partial charge in [-0.05, 0) is 36.8 Å². The largest absolute Gasteiger partial charge is 0.497 e. The Hall–Kier alpha value is -3.06. The number of methoxy groups -OCH3 is 1. The van der Waals surface area contributed by atoms with Crippen molar-refractivity contribution in [2.75, 3.05) is 25.5 Å². The molecule has 2 aliphatic rings. The molecule has 7 nitrogen and oxygen atoms in total. The summed E-state index contributed by atoms with van der Waals surface area (Å²) in [5, 5.41) is 8.78. The van der Waals surface area contributed by atoms with E-state index in [4.69, 9.17) is 14.4 Å². The van der Waals surface area contributed by atoms with E-state index in [1.807, 2.05) is 55.5 Å². The molecule has 2 aromatic rings. The molecule has 0 aromatic heterocycles. The van der Waals surface area contributed by atoms with E-state index in [-0.39, 0.29) is 5.60 Å². The first kappa shape index (κ1) is 19.3. The Labute approximate surface area is 170 Å². The van der Waals surface area contributed by atoms with E-state index in [9.17, 15) is 4.79 Å². The molecule has 2 aliphatic heterocycles. The van der Waals surface area contributed by atoms with Crippen LogP contribution in [0.15, 0.2) is 53.7 Å². The number of hydrogen-bond donors (Lipinski definition) is 1. The van der Waals surface area contributed by atoms with E-state index in [0.717, 1.165) is 47.5 Å². The maximum atomic E-state index is 12.2. The second-order valence-electron chi connectivity index (χ2n) is 7.52. The quantitative estimate of drug-likeness (QED) is 0.843. The number of hydrogen-bond acceptors (Lipinski definition) is 6. The Morgan fingerprint density at radius 2 is 1.97 bits per heavy atom. The van der Waals surface area contributed by atoms with E-state index in [2.05, 4.69) is 10.5 Å². The van der Waals surface area contributed by atoms with Crippen molar-refractivity contribution in [3.63, 3.8) is 0 Å². The van der Waals surface area contributed by atoms with Crippen molar-refractivity contribution in [2.45, 2.75) is 31.8 Å². The normalized spacial score (nSPS) is 18.1. The minimum Gasteiger partial charge on any atom is -0.497 e. The molecule has 0 saturated carbocycles. The van der Waals surface area contributed by atoms with Gasteiger partial charge in [0.05, 0.1) is 12.8 Å². The second kappa shape index (κ2) is 8.13. The van der Waals surface area contributed by atoms with Gasteiger partial charge in [0.1, 0.15) is 11.4 Å². The number of benzene rings is 2. The van der Waals surface area contributed by atoms with Crippen LogP contribution in [0.25, 0.3) is 0 Å². The molecule has 0 unspecified atom stereocenters. The molecule has 0 aliphatic carbocycles. The minimum absolute atomic E-state index is 0.328. The molecule has 1 saturated heterocycles. The number of oxime groups is 1. The molecule has 0 bridgehead atoms. The Morgan fingerprint density at radius 1 is 1.17 bits per heavy atom. The number of hydroxylamine groups is 2. The number of rotatable bonds is 4. The highest BCUT2D eigenvalue weighted by molar-refractivity contribution is 6.02. The van der Waals surface area contributed by atoms with Crippen molar-refractivity contribution in [3.05, 3.63) is 59.7 Å². The van der Waals surface area contributed by atoms with Crippen molar-refractivity contribution in [2.24, 2.45) is 5.16 Å². The summed E-state index contributed by atoms with van der Waals surface area (Å²) >= 11 is 0. The molecule has 4 rings (SSSR count). The van der Waals surface area contributed by atoms with Crippen molar-refractivity contribution in [1.29, 1.82) is 0 Å². The van der Waals surface area contributed by atoms with Gasteiger partial charge in [0.15, 0.2) is 0 Å². The topological polar surface area (TPSA) is 72.4 Å². The van der Waals surface area contributed by atoms with E-state index in [1.165, 1.54) is 0 Å². The lowest BCUT2D eigenvalue weighted by Crippen LogP contribution is -2.45. The number of carbonyl (C=O) groups is 1. The average molecular weight is 395 g/mol. The molecule has 1 fully saturated rings. The van der Waals surface area contributed by atoms with Gasteiger partial charge in [-0.25, -0.2) is 4.79 Å². The van der Waals surface area contributed by atoms with Crippen molar-refractivity contribution in [1.82, 2.24) is 5.06 Å². The zero-order valence-electron chi connectivity index (χ0n) is 16.7. The fourth-order valence-electron chi connectivity index (χ4n) is 3.71. The van der Waals surface area contributed by atoms with Crippen LogP contribution in [-0.4, -0.2) is 42.7 Å². The molecule has 152 valence electrons. The number of nitrogens with one attached hydrogen (secondary N) is 1. The molecule has 0 radical (unpaired) electrons. The van der Waals surface area contributed by atoms with Crippen LogP contribution in [0.5, 0.6) is 5.75 Å². The molecule has 7 heteroatoms. The Kier molecular flexibility index (Phi) is 5.40. The van der Waals surface area contributed by atoms with Crippen molar-refractivity contribution >= 4 is 17.5 Å². The molecule has 2 aromatic carbocycles. The standard InChI is InChI=1S/C22H25N3O4/c1-16-5-3-7-18(13-16)23-21(26)28-25-11-9-22(10-12-25)15-20(24-29-22)17-6-4-8-19(14-17)27-2/h3-8,13-14H,9-12,15H2,1-2H3,(H,23,26). The molecule has 0 atom stereocenters. The van der Waals surface area contributed by atoms with Crippen LogP contribution in [0, 0.1) is 6.92 Å². The van der Waals surface area contributed by atoms with Gasteiger partial charge in [-0.2, -0.15) is 0 Å². The van der Waals surface area contributed by atoms with Gasteiger partial charge in [-0.15, -0.1) is 5.06 Å². The average Bonchev–Trinajstić information content (AvgIpc) is 3.14. The summed E-state index contributed by atoms with van der Waals surface area (Å²) < 4.78 is 5.29. The predicted molar refractivity (Wildman–Crippen MR) is 110 cm³/mol. The number of nitrogens with zero attached hydrogens (tertiary/aromatic N) is 2. The lowest BCUT2D eigenvalue weighted by atomic mass is 9.86. The maximum absolute atomic E-state index is 12.2. The van der Waals surface area contributed by atoms with E-state index < -0.39 is 6.09 Å². The Bertz CT molecular complexity index is 920. The predicted octanol–water partition coefficient (Wildman–Crippen LogP) is 4.13. The summed E-state index contributed by atoms with van der Waals surface area (Å²) in [5.74, 6) is 0.800. The van der Waals surface area contributed by atoms with Gasteiger partial charge < -0.3 is 14.4 Å². The van der Waals surface area contributed by atoms with Crippen molar-refractivity contribution in [3.8, 4) is 5.75 Å². The number of piperidine rings is 1. The maximum Gasteiger partial charge on any atom is 0.430 e. The highest BCUT2D eigenvalue weighted by Crippen LogP contribution is 2.36. The molecule has 1 N–H and O–H groups in total. The number of anilines is 1. The molecule has 2 heterocycles. The van der Waals surface area contributed by atoms with Crippen LogP contribution < -0.4 is 10.1 Å². The molecule has 29 heavy (non-hydrogen) atoms. The summed E-state index contributed by atoms with van der Waals surface area (Å²) in [6.07, 6.45) is 1.74. The number of carbonyl (C=O) groups excluding carboxylic acids is 1. The second-order valence-corrected chi connectivity index (χ2v) is 7.52. The van der Waals surface area contributed by atoms with Crippen LogP contribution in [0.1, 0.15) is 30.4 Å². The third-order valence-electron chi connectivity index (χ3n) is 5.35. The van der Waals surface area contributed by atoms with Crippen LogP contribution in [0.4, 0.5) is 10.5 Å². The summed E-state index contributed by atoms with van der Waals surface area (Å²) in [6, 6.07) is 15.4. The first-order valence-electron chi connectivity index (χ1n) is 9.75. The molecule has 1 spiro atoms. The lowest BCUT2D eigenvalue weighted by Gasteiger charge is -2.35. The Balaban J connectivity index is 1.29. The van der Waals surface area contributed by atoms with Gasteiger partial charge in [0, 0.05) is 43.6 Å². The van der Waals surface area contributed by atoms with E-state index in [1.54, 1.807) is 12.2 Å². The zero-order valence-corrected chi connectivity index (χ0v) is 16.7. The Morgan fingerprint density at radius 3 is 2.72 bits per heavy atom. The number of aryl methyl sites for hydroxylation is 1. The fraction of sp³-hybridized carbons (Fsp3) is 0.364. The fourth-order valence-corrected chi connectivity index (χ4v) is 3.71. The van der Waals surface area contributed by atoms with Crippen molar-refractivity contribution < 1.29 is 19.2 Å². The highest BCUT2D eigenvalue weighted by Gasteiger charge is 2.43. The minimum atomic E-state index is -0.479. The number of amides is 1. The molecular formula is C22H25N3O4. The van der Waals surface area contributed by atoms with Gasteiger partial charge >= 0.3 is 6.09 Å². The van der Waals surface area contributed by atoms with Gasteiger partial charge in [0.25, 0.3) is 0 Å². The summed E-state index contributed by atoms with van der Waals surface area (Å²) in [4.78, 5) is 23.5. The SMILES string of the molecule is COc1cccc(C2=NOC3(CCN(OC(=O)Nc4cccc(C)c4)CC3)C2)c1. The first-order valence-corrected chi connectivity index (χ1v) is 9.75. The lowest BCUT2D eigenvalue weighted by molar-refractivity contribution is -0.154. The van der Waals surface area contributed by atoms with Gasteiger partial charge in [-0.1, -0.05) is 29.4 Å². The van der Waals surface area contributed by atoms with Crippen LogP contribution in [0.2, 0.25) is 0 Å². The first-order chi connectivity index (χ1) is 14.0. The highest BCUT2D eigenvalue weighted by atomic mass is 16.7. The van der Waals surface area contributed by atoms with E-state index >= 15 is 0 Å². The van der Waals surface area contributed by atoms with Crippen LogP contribution in [0.3, 0.4) is 0 Å². The van der Waals surface area contributed by atoms with Gasteiger partial charge in [0.2, 0.25) is 0 Å². The third-order valence-corrected chi connectivity index (χ3v) is 5.35. The summed E-state index contributed by atoms with van der Waals surface area (Å²) in [7, 11) is 1.65. The zero-order chi connectivity index (χ0) is 20.3. The number of ether oxygens (including phenoxy) is 1. The summed E-state index contributed by atoms with van der Waals surface area (Å²) in [5.41, 5.74) is 3.41. The molecular weight excluding hydrogens is 370 g/mol. The van der Waals surface area contributed by atoms with Gasteiger partial charge in [-0.3, -0.25) is 5.32 Å². The van der Waals surface area contributed by atoms with Crippen LogP contribution >= 0.6 is 0 Å². The van der Waals surface area contributed by atoms with Crippen LogP contribution in [-0.2, 0) is 9.68 Å². The third kappa shape index (κ3) is 4.51. The smallest absolute Gasteiger partial charge is 0.430 e.